The van der Waals surface area contributed by atoms with E-state index in [0.717, 1.165) is 49.0 Å². The normalized spacial score (nSPS) is 17.8. The number of aromatic nitrogens is 1. The van der Waals surface area contributed by atoms with Crippen molar-refractivity contribution in [1.29, 1.82) is 0 Å². The first-order valence-electron chi connectivity index (χ1n) is 9.56. The lowest BCUT2D eigenvalue weighted by molar-refractivity contribution is -0.117. The number of pyridine rings is 1. The molecule has 1 aromatic carbocycles. The topological polar surface area (TPSA) is 57.3 Å². The molecule has 4 rings (SSSR count). The number of benzene rings is 1. The molecule has 0 bridgehead atoms. The van der Waals surface area contributed by atoms with Crippen molar-refractivity contribution in [3.05, 3.63) is 42.6 Å². The first-order chi connectivity index (χ1) is 12.7. The van der Waals surface area contributed by atoms with Gasteiger partial charge in [-0.2, -0.15) is 0 Å². The summed E-state index contributed by atoms with van der Waals surface area (Å²) in [6, 6.07) is 12.3. The molecule has 136 valence electrons. The van der Waals surface area contributed by atoms with Crippen molar-refractivity contribution in [3.63, 3.8) is 0 Å². The maximum absolute atomic E-state index is 11.8. The van der Waals surface area contributed by atoms with Gasteiger partial charge in [-0.15, -0.1) is 0 Å². The molecule has 2 aliphatic rings. The van der Waals surface area contributed by atoms with Crippen LogP contribution in [0.2, 0.25) is 0 Å². The highest BCUT2D eigenvalue weighted by molar-refractivity contribution is 5.93. The SMILES string of the molecule is CC1CCN(c2ccc(Nc3ccc(NC(=O)C4CC4)cn3)cc2)CC1. The molecule has 0 spiro atoms. The van der Waals surface area contributed by atoms with Crippen LogP contribution in [0.25, 0.3) is 0 Å². The summed E-state index contributed by atoms with van der Waals surface area (Å²) in [6.45, 7) is 4.62. The van der Waals surface area contributed by atoms with Crippen LogP contribution in [0, 0.1) is 11.8 Å². The number of carbonyl (C=O) groups excluding carboxylic acids is 1. The average Bonchev–Trinajstić information content (AvgIpc) is 3.50. The van der Waals surface area contributed by atoms with Gasteiger partial charge in [-0.1, -0.05) is 6.92 Å². The highest BCUT2D eigenvalue weighted by atomic mass is 16.2. The zero-order chi connectivity index (χ0) is 17.9. The van der Waals surface area contributed by atoms with Gasteiger partial charge in [0.15, 0.2) is 0 Å². The number of hydrogen-bond acceptors (Lipinski definition) is 4. The smallest absolute Gasteiger partial charge is 0.227 e. The molecule has 2 fully saturated rings. The molecule has 26 heavy (non-hydrogen) atoms. The number of rotatable bonds is 5. The number of nitrogens with one attached hydrogen (secondary N) is 2. The van der Waals surface area contributed by atoms with Crippen LogP contribution in [-0.2, 0) is 4.79 Å². The van der Waals surface area contributed by atoms with E-state index in [0.29, 0.717) is 0 Å². The fourth-order valence-electron chi connectivity index (χ4n) is 3.30. The molecule has 0 radical (unpaired) electrons. The van der Waals surface area contributed by atoms with E-state index >= 15 is 0 Å². The Hall–Kier alpha value is -2.56. The number of piperidine rings is 1. The number of nitrogens with zero attached hydrogens (tertiary/aromatic N) is 2. The molecule has 1 amide bonds. The summed E-state index contributed by atoms with van der Waals surface area (Å²) in [5, 5.41) is 6.22. The van der Waals surface area contributed by atoms with E-state index in [2.05, 4.69) is 51.7 Å². The Bertz CT molecular complexity index is 745. The van der Waals surface area contributed by atoms with Crippen molar-refractivity contribution in [3.8, 4) is 0 Å². The van der Waals surface area contributed by atoms with Gasteiger partial charge in [0.2, 0.25) is 5.91 Å². The van der Waals surface area contributed by atoms with Crippen molar-refractivity contribution < 1.29 is 4.79 Å². The van der Waals surface area contributed by atoms with E-state index in [1.54, 1.807) is 6.20 Å². The van der Waals surface area contributed by atoms with Crippen LogP contribution in [0.4, 0.5) is 22.9 Å². The molecule has 1 aliphatic heterocycles. The van der Waals surface area contributed by atoms with Crippen molar-refractivity contribution in [2.75, 3.05) is 28.6 Å². The third-order valence-electron chi connectivity index (χ3n) is 5.27. The van der Waals surface area contributed by atoms with E-state index in [4.69, 9.17) is 0 Å². The molecule has 2 heterocycles. The largest absolute Gasteiger partial charge is 0.372 e. The van der Waals surface area contributed by atoms with Crippen LogP contribution in [0.5, 0.6) is 0 Å². The Morgan fingerprint density at radius 1 is 1.00 bits per heavy atom. The first-order valence-corrected chi connectivity index (χ1v) is 9.56. The molecular formula is C21H26N4O. The number of anilines is 4. The van der Waals surface area contributed by atoms with E-state index in [9.17, 15) is 4.79 Å². The van der Waals surface area contributed by atoms with Crippen LogP contribution in [0.1, 0.15) is 32.6 Å². The minimum Gasteiger partial charge on any atom is -0.372 e. The second kappa shape index (κ2) is 7.36. The van der Waals surface area contributed by atoms with Crippen LogP contribution < -0.4 is 15.5 Å². The highest BCUT2D eigenvalue weighted by Crippen LogP contribution is 2.30. The van der Waals surface area contributed by atoms with Crippen LogP contribution in [0.3, 0.4) is 0 Å². The Kier molecular flexibility index (Phi) is 4.78. The third-order valence-corrected chi connectivity index (χ3v) is 5.27. The van der Waals surface area contributed by atoms with Gasteiger partial charge in [-0.3, -0.25) is 4.79 Å². The Labute approximate surface area is 154 Å². The molecule has 2 aromatic rings. The van der Waals surface area contributed by atoms with Crippen molar-refractivity contribution in [1.82, 2.24) is 4.98 Å². The van der Waals surface area contributed by atoms with Crippen molar-refractivity contribution >= 4 is 28.8 Å². The number of hydrogen-bond donors (Lipinski definition) is 2. The van der Waals surface area contributed by atoms with Gasteiger partial charge >= 0.3 is 0 Å². The monoisotopic (exact) mass is 350 g/mol. The van der Waals surface area contributed by atoms with Crippen molar-refractivity contribution in [2.45, 2.75) is 32.6 Å². The summed E-state index contributed by atoms with van der Waals surface area (Å²) in [7, 11) is 0. The lowest BCUT2D eigenvalue weighted by Gasteiger charge is -2.32. The zero-order valence-corrected chi connectivity index (χ0v) is 15.2. The lowest BCUT2D eigenvalue weighted by atomic mass is 9.99. The van der Waals surface area contributed by atoms with Gasteiger partial charge in [0.1, 0.15) is 5.82 Å². The van der Waals surface area contributed by atoms with E-state index in [1.807, 2.05) is 12.1 Å². The second-order valence-electron chi connectivity index (χ2n) is 7.54. The zero-order valence-electron chi connectivity index (χ0n) is 15.2. The molecule has 5 nitrogen and oxygen atoms in total. The Balaban J connectivity index is 1.34. The summed E-state index contributed by atoms with van der Waals surface area (Å²) in [5.41, 5.74) is 3.05. The van der Waals surface area contributed by atoms with E-state index in [1.165, 1.54) is 18.5 Å². The molecule has 0 atom stereocenters. The fraction of sp³-hybridized carbons (Fsp3) is 0.429. The molecule has 1 aliphatic carbocycles. The van der Waals surface area contributed by atoms with Crippen molar-refractivity contribution in [2.24, 2.45) is 11.8 Å². The third kappa shape index (κ3) is 4.15. The van der Waals surface area contributed by atoms with Gasteiger partial charge in [-0.05, 0) is 68.0 Å². The average molecular weight is 350 g/mol. The number of carbonyl (C=O) groups is 1. The number of amides is 1. The van der Waals surface area contributed by atoms with Gasteiger partial charge in [-0.25, -0.2) is 4.98 Å². The molecular weight excluding hydrogens is 324 g/mol. The Morgan fingerprint density at radius 3 is 2.31 bits per heavy atom. The Morgan fingerprint density at radius 2 is 1.69 bits per heavy atom. The second-order valence-corrected chi connectivity index (χ2v) is 7.54. The minimum absolute atomic E-state index is 0.107. The minimum atomic E-state index is 0.107. The predicted octanol–water partition coefficient (Wildman–Crippen LogP) is 4.41. The fourth-order valence-corrected chi connectivity index (χ4v) is 3.30. The van der Waals surface area contributed by atoms with E-state index < -0.39 is 0 Å². The van der Waals surface area contributed by atoms with Gasteiger partial charge < -0.3 is 15.5 Å². The maximum atomic E-state index is 11.8. The lowest BCUT2D eigenvalue weighted by Crippen LogP contribution is -2.32. The molecule has 0 unspecified atom stereocenters. The van der Waals surface area contributed by atoms with E-state index in [-0.39, 0.29) is 11.8 Å². The van der Waals surface area contributed by atoms with Crippen LogP contribution in [0.15, 0.2) is 42.6 Å². The summed E-state index contributed by atoms with van der Waals surface area (Å²) in [6.07, 6.45) is 6.25. The standard InChI is InChI=1S/C21H26N4O/c1-15-10-12-25(13-11-15)19-7-4-17(5-8-19)23-20-9-6-18(14-22-20)24-21(26)16-2-3-16/h4-9,14-16H,2-3,10-13H2,1H3,(H,22,23)(H,24,26). The molecule has 1 saturated heterocycles. The quantitative estimate of drug-likeness (QED) is 0.839. The van der Waals surface area contributed by atoms with Crippen LogP contribution in [-0.4, -0.2) is 24.0 Å². The predicted molar refractivity (Wildman–Crippen MR) is 106 cm³/mol. The van der Waals surface area contributed by atoms with Gasteiger partial charge in [0.05, 0.1) is 11.9 Å². The van der Waals surface area contributed by atoms with Gasteiger partial charge in [0, 0.05) is 30.4 Å². The van der Waals surface area contributed by atoms with Gasteiger partial charge in [0.25, 0.3) is 0 Å². The summed E-state index contributed by atoms with van der Waals surface area (Å²) in [5.74, 6) is 1.92. The summed E-state index contributed by atoms with van der Waals surface area (Å²) >= 11 is 0. The van der Waals surface area contributed by atoms with Crippen LogP contribution >= 0.6 is 0 Å². The molecule has 5 heteroatoms. The molecule has 1 aromatic heterocycles. The summed E-state index contributed by atoms with van der Waals surface area (Å²) in [4.78, 5) is 18.6. The summed E-state index contributed by atoms with van der Waals surface area (Å²) < 4.78 is 0. The molecule has 1 saturated carbocycles. The molecule has 2 N–H and O–H groups in total. The highest BCUT2D eigenvalue weighted by Gasteiger charge is 2.29. The first kappa shape index (κ1) is 16.9. The maximum Gasteiger partial charge on any atom is 0.227 e.